The third-order valence-corrected chi connectivity index (χ3v) is 5.39. The average molecular weight is 471 g/mol. The van der Waals surface area contributed by atoms with E-state index in [1.54, 1.807) is 6.20 Å². The fourth-order valence-electron chi connectivity index (χ4n) is 2.90. The van der Waals surface area contributed by atoms with Gasteiger partial charge in [0.1, 0.15) is 0 Å². The molecule has 0 unspecified atom stereocenters. The summed E-state index contributed by atoms with van der Waals surface area (Å²) >= 11 is 2.03. The molecule has 2 heterocycles. The van der Waals surface area contributed by atoms with Crippen LogP contribution in [0.4, 0.5) is 0 Å². The molecule has 1 saturated heterocycles. The molecular formula is C18H26IN5S. The number of benzene rings is 1. The molecular weight excluding hydrogens is 445 g/mol. The Bertz CT molecular complexity index is 682. The van der Waals surface area contributed by atoms with Crippen molar-refractivity contribution >= 4 is 41.7 Å². The second-order valence-corrected chi connectivity index (χ2v) is 8.35. The highest BCUT2D eigenvalue weighted by Crippen LogP contribution is 2.29. The molecule has 0 atom stereocenters. The van der Waals surface area contributed by atoms with Crippen LogP contribution in [0.15, 0.2) is 47.7 Å². The van der Waals surface area contributed by atoms with Crippen LogP contribution in [0.2, 0.25) is 0 Å². The molecule has 0 amide bonds. The Balaban J connectivity index is 0.00000225. The molecule has 5 nitrogen and oxygen atoms in total. The van der Waals surface area contributed by atoms with Gasteiger partial charge >= 0.3 is 0 Å². The number of rotatable bonds is 3. The predicted molar refractivity (Wildman–Crippen MR) is 117 cm³/mol. The molecule has 25 heavy (non-hydrogen) atoms. The van der Waals surface area contributed by atoms with Gasteiger partial charge in [0.15, 0.2) is 5.96 Å². The van der Waals surface area contributed by atoms with Crippen molar-refractivity contribution in [3.63, 3.8) is 0 Å². The van der Waals surface area contributed by atoms with Crippen LogP contribution in [0.1, 0.15) is 19.4 Å². The number of hydrogen-bond acceptors (Lipinski definition) is 3. The standard InChI is InChI=1S/C18H25N5S.HI/c1-18(2)14-22(11-12-24-18)17(19-3)20-13-15-5-7-16(8-6-15)23-10-4-9-21-23;/h4-10H,11-14H2,1-3H3,(H,19,20);1H. The summed E-state index contributed by atoms with van der Waals surface area (Å²) in [5.74, 6) is 2.13. The fraction of sp³-hybridized carbons (Fsp3) is 0.444. The summed E-state index contributed by atoms with van der Waals surface area (Å²) in [6, 6.07) is 10.4. The number of nitrogens with zero attached hydrogens (tertiary/aromatic N) is 4. The Hall–Kier alpha value is -1.22. The molecule has 0 spiro atoms. The molecule has 1 N–H and O–H groups in total. The maximum Gasteiger partial charge on any atom is 0.193 e. The summed E-state index contributed by atoms with van der Waals surface area (Å²) in [6.45, 7) is 7.44. The van der Waals surface area contributed by atoms with Gasteiger partial charge in [0.25, 0.3) is 0 Å². The highest BCUT2D eigenvalue weighted by Gasteiger charge is 2.28. The normalized spacial score (nSPS) is 17.1. The lowest BCUT2D eigenvalue weighted by Crippen LogP contribution is -2.50. The number of halogens is 1. The van der Waals surface area contributed by atoms with Crippen molar-refractivity contribution in [1.82, 2.24) is 20.0 Å². The van der Waals surface area contributed by atoms with Gasteiger partial charge in [-0.1, -0.05) is 12.1 Å². The molecule has 0 saturated carbocycles. The van der Waals surface area contributed by atoms with Crippen LogP contribution >= 0.6 is 35.7 Å². The molecule has 2 aromatic rings. The molecule has 136 valence electrons. The molecule has 0 radical (unpaired) electrons. The van der Waals surface area contributed by atoms with E-state index in [9.17, 15) is 0 Å². The minimum atomic E-state index is 0. The number of hydrogen-bond donors (Lipinski definition) is 1. The average Bonchev–Trinajstić information content (AvgIpc) is 3.10. The van der Waals surface area contributed by atoms with Crippen molar-refractivity contribution in [1.29, 1.82) is 0 Å². The first-order valence-electron chi connectivity index (χ1n) is 8.26. The van der Waals surface area contributed by atoms with Gasteiger partial charge in [-0.2, -0.15) is 16.9 Å². The molecule has 1 aromatic carbocycles. The SMILES string of the molecule is CN=C(NCc1ccc(-n2cccn2)cc1)N1CCSC(C)(C)C1.I. The van der Waals surface area contributed by atoms with Gasteiger partial charge in [-0.3, -0.25) is 4.99 Å². The van der Waals surface area contributed by atoms with Gasteiger partial charge < -0.3 is 10.2 Å². The van der Waals surface area contributed by atoms with E-state index in [2.05, 4.69) is 58.4 Å². The molecule has 7 heteroatoms. The topological polar surface area (TPSA) is 45.5 Å². The first-order chi connectivity index (χ1) is 11.6. The second-order valence-electron chi connectivity index (χ2n) is 6.55. The number of aliphatic imine (C=N–C) groups is 1. The van der Waals surface area contributed by atoms with E-state index >= 15 is 0 Å². The van der Waals surface area contributed by atoms with Gasteiger partial charge in [-0.15, -0.1) is 24.0 Å². The van der Waals surface area contributed by atoms with E-state index in [4.69, 9.17) is 0 Å². The van der Waals surface area contributed by atoms with E-state index in [0.717, 1.165) is 37.0 Å². The van der Waals surface area contributed by atoms with E-state index in [-0.39, 0.29) is 28.7 Å². The van der Waals surface area contributed by atoms with E-state index < -0.39 is 0 Å². The third kappa shape index (κ3) is 5.37. The number of nitrogens with one attached hydrogen (secondary N) is 1. The highest BCUT2D eigenvalue weighted by atomic mass is 127. The first kappa shape index (κ1) is 20.1. The van der Waals surface area contributed by atoms with Gasteiger partial charge in [-0.05, 0) is 37.6 Å². The van der Waals surface area contributed by atoms with Crippen LogP contribution in [0.3, 0.4) is 0 Å². The van der Waals surface area contributed by atoms with Crippen LogP contribution in [0.25, 0.3) is 5.69 Å². The van der Waals surface area contributed by atoms with E-state index in [1.165, 1.54) is 5.56 Å². The lowest BCUT2D eigenvalue weighted by molar-refractivity contribution is 0.376. The molecule has 1 aliphatic rings. The quantitative estimate of drug-likeness (QED) is 0.424. The second kappa shape index (κ2) is 8.93. The smallest absolute Gasteiger partial charge is 0.193 e. The Kier molecular flexibility index (Phi) is 7.18. The number of thioether (sulfide) groups is 1. The molecule has 3 rings (SSSR count). The van der Waals surface area contributed by atoms with E-state index in [1.807, 2.05) is 35.8 Å². The van der Waals surface area contributed by atoms with Crippen molar-refractivity contribution in [2.75, 3.05) is 25.9 Å². The summed E-state index contributed by atoms with van der Waals surface area (Å²) in [7, 11) is 1.86. The Morgan fingerprint density at radius 1 is 1.32 bits per heavy atom. The van der Waals surface area contributed by atoms with Crippen LogP contribution in [-0.2, 0) is 6.54 Å². The van der Waals surface area contributed by atoms with Crippen molar-refractivity contribution in [2.45, 2.75) is 25.1 Å². The zero-order valence-electron chi connectivity index (χ0n) is 15.0. The third-order valence-electron chi connectivity index (χ3n) is 4.09. The molecule has 1 aliphatic heterocycles. The van der Waals surface area contributed by atoms with Gasteiger partial charge in [0, 0.05) is 49.6 Å². The Labute approximate surface area is 171 Å². The van der Waals surface area contributed by atoms with E-state index in [0.29, 0.717) is 0 Å². The lowest BCUT2D eigenvalue weighted by Gasteiger charge is -2.39. The molecule has 0 bridgehead atoms. The Morgan fingerprint density at radius 3 is 2.68 bits per heavy atom. The highest BCUT2D eigenvalue weighted by molar-refractivity contribution is 14.0. The number of guanidine groups is 1. The minimum absolute atomic E-state index is 0. The zero-order chi connectivity index (χ0) is 17.0. The summed E-state index contributed by atoms with van der Waals surface area (Å²) in [5, 5.41) is 7.74. The Morgan fingerprint density at radius 2 is 2.08 bits per heavy atom. The summed E-state index contributed by atoms with van der Waals surface area (Å²) in [6.07, 6.45) is 3.74. The zero-order valence-corrected chi connectivity index (χ0v) is 18.1. The van der Waals surface area contributed by atoms with Gasteiger partial charge in [0.05, 0.1) is 5.69 Å². The predicted octanol–water partition coefficient (Wildman–Crippen LogP) is 3.39. The van der Waals surface area contributed by atoms with Crippen molar-refractivity contribution in [3.05, 3.63) is 48.3 Å². The largest absolute Gasteiger partial charge is 0.352 e. The maximum absolute atomic E-state index is 4.46. The summed E-state index contributed by atoms with van der Waals surface area (Å²) in [4.78, 5) is 6.81. The van der Waals surface area contributed by atoms with Gasteiger partial charge in [-0.25, -0.2) is 4.68 Å². The summed E-state index contributed by atoms with van der Waals surface area (Å²) < 4.78 is 2.14. The molecule has 1 aromatic heterocycles. The van der Waals surface area contributed by atoms with Crippen LogP contribution in [0, 0.1) is 0 Å². The monoisotopic (exact) mass is 471 g/mol. The minimum Gasteiger partial charge on any atom is -0.352 e. The van der Waals surface area contributed by atoms with Crippen LogP contribution in [-0.4, -0.2) is 51.3 Å². The number of aromatic nitrogens is 2. The van der Waals surface area contributed by atoms with Crippen molar-refractivity contribution in [2.24, 2.45) is 4.99 Å². The first-order valence-corrected chi connectivity index (χ1v) is 9.24. The maximum atomic E-state index is 4.46. The van der Waals surface area contributed by atoms with Crippen molar-refractivity contribution in [3.8, 4) is 5.69 Å². The summed E-state index contributed by atoms with van der Waals surface area (Å²) in [5.41, 5.74) is 2.31. The van der Waals surface area contributed by atoms with Crippen molar-refractivity contribution < 1.29 is 0 Å². The molecule has 0 aliphatic carbocycles. The molecule has 1 fully saturated rings. The van der Waals surface area contributed by atoms with Crippen LogP contribution < -0.4 is 5.32 Å². The van der Waals surface area contributed by atoms with Gasteiger partial charge in [0.2, 0.25) is 0 Å². The fourth-order valence-corrected chi connectivity index (χ4v) is 4.01. The van der Waals surface area contributed by atoms with Crippen LogP contribution in [0.5, 0.6) is 0 Å². The lowest BCUT2D eigenvalue weighted by atomic mass is 10.2.